The fraction of sp³-hybridized carbons (Fsp3) is 0.308. The molecule has 1 heterocycles. The van der Waals surface area contributed by atoms with Gasteiger partial charge in [0.1, 0.15) is 0 Å². The van der Waals surface area contributed by atoms with Gasteiger partial charge < -0.3 is 15.1 Å². The number of phenolic OH excluding ortho intramolecular Hbond substituents is 2. The van der Waals surface area contributed by atoms with Crippen molar-refractivity contribution in [3.63, 3.8) is 0 Å². The molecule has 0 unspecified atom stereocenters. The average Bonchev–Trinajstić information content (AvgIpc) is 2.33. The maximum atomic E-state index is 12.1. The van der Waals surface area contributed by atoms with Crippen LogP contribution in [0.1, 0.15) is 23.7 Å². The second kappa shape index (κ2) is 4.49. The van der Waals surface area contributed by atoms with E-state index < -0.39 is 0 Å². The molecule has 2 N–H and O–H groups in total. The minimum Gasteiger partial charge on any atom is -0.504 e. The van der Waals surface area contributed by atoms with E-state index in [-0.39, 0.29) is 23.0 Å². The van der Waals surface area contributed by atoms with Crippen molar-refractivity contribution in [2.45, 2.75) is 13.3 Å². The van der Waals surface area contributed by atoms with Crippen LogP contribution in [0.2, 0.25) is 0 Å². The highest BCUT2D eigenvalue weighted by molar-refractivity contribution is 5.97. The van der Waals surface area contributed by atoms with Gasteiger partial charge in [-0.2, -0.15) is 0 Å². The van der Waals surface area contributed by atoms with E-state index in [1.165, 1.54) is 17.7 Å². The highest BCUT2D eigenvalue weighted by atomic mass is 16.3. The second-order valence-electron chi connectivity index (χ2n) is 4.22. The summed E-state index contributed by atoms with van der Waals surface area (Å²) in [4.78, 5) is 13.8. The van der Waals surface area contributed by atoms with Crippen LogP contribution >= 0.6 is 0 Å². The van der Waals surface area contributed by atoms with Gasteiger partial charge in [0.05, 0.1) is 5.56 Å². The summed E-state index contributed by atoms with van der Waals surface area (Å²) in [6, 6.07) is 4.42. The highest BCUT2D eigenvalue weighted by Gasteiger charge is 2.21. The van der Waals surface area contributed by atoms with Crippen molar-refractivity contribution in [1.29, 1.82) is 0 Å². The maximum absolute atomic E-state index is 12.1. The van der Waals surface area contributed by atoms with Crippen molar-refractivity contribution in [3.8, 4) is 11.5 Å². The van der Waals surface area contributed by atoms with E-state index in [0.717, 1.165) is 6.42 Å². The lowest BCUT2D eigenvalue weighted by Gasteiger charge is -2.25. The summed E-state index contributed by atoms with van der Waals surface area (Å²) in [5, 5.41) is 19.0. The Morgan fingerprint density at radius 1 is 1.35 bits per heavy atom. The van der Waals surface area contributed by atoms with Crippen LogP contribution in [0.3, 0.4) is 0 Å². The first-order valence-electron chi connectivity index (χ1n) is 5.55. The van der Waals surface area contributed by atoms with Gasteiger partial charge in [-0.15, -0.1) is 0 Å². The highest BCUT2D eigenvalue weighted by Crippen LogP contribution is 2.29. The number of amides is 1. The molecule has 1 aromatic carbocycles. The minimum atomic E-state index is -0.344. The molecule has 0 spiro atoms. The lowest BCUT2D eigenvalue weighted by atomic mass is 10.1. The first-order valence-corrected chi connectivity index (χ1v) is 5.55. The Morgan fingerprint density at radius 3 is 2.76 bits per heavy atom. The molecular weight excluding hydrogens is 218 g/mol. The predicted octanol–water partition coefficient (Wildman–Crippen LogP) is 1.89. The zero-order valence-electron chi connectivity index (χ0n) is 9.68. The van der Waals surface area contributed by atoms with E-state index in [4.69, 9.17) is 0 Å². The number of benzene rings is 1. The molecule has 17 heavy (non-hydrogen) atoms. The Morgan fingerprint density at radius 2 is 2.12 bits per heavy atom. The number of phenols is 2. The zero-order chi connectivity index (χ0) is 12.4. The van der Waals surface area contributed by atoms with Gasteiger partial charge in [-0.05, 0) is 25.5 Å². The first-order chi connectivity index (χ1) is 8.09. The molecule has 0 aromatic heterocycles. The average molecular weight is 233 g/mol. The van der Waals surface area contributed by atoms with Gasteiger partial charge in [-0.1, -0.05) is 17.7 Å². The van der Waals surface area contributed by atoms with Crippen LogP contribution in [-0.2, 0) is 0 Å². The monoisotopic (exact) mass is 233 g/mol. The van der Waals surface area contributed by atoms with E-state index in [0.29, 0.717) is 13.1 Å². The second-order valence-corrected chi connectivity index (χ2v) is 4.22. The van der Waals surface area contributed by atoms with E-state index in [9.17, 15) is 15.0 Å². The minimum absolute atomic E-state index is 0.151. The number of para-hydroxylation sites is 1. The van der Waals surface area contributed by atoms with E-state index in [1.54, 1.807) is 11.0 Å². The lowest BCUT2D eigenvalue weighted by molar-refractivity contribution is 0.0765. The largest absolute Gasteiger partial charge is 0.504 e. The number of nitrogens with zero attached hydrogens (tertiary/aromatic N) is 1. The number of hydrogen-bond donors (Lipinski definition) is 2. The molecule has 0 fully saturated rings. The fourth-order valence-electron chi connectivity index (χ4n) is 1.83. The molecule has 0 saturated carbocycles. The SMILES string of the molecule is CC1=CCN(C(=O)c2cccc(O)c2O)CC1. The molecule has 4 heteroatoms. The van der Waals surface area contributed by atoms with Crippen LogP contribution in [0.4, 0.5) is 0 Å². The number of carbonyl (C=O) groups excluding carboxylic acids is 1. The smallest absolute Gasteiger partial charge is 0.258 e. The van der Waals surface area contributed by atoms with Crippen LogP contribution in [0.25, 0.3) is 0 Å². The molecule has 0 atom stereocenters. The summed E-state index contributed by atoms with van der Waals surface area (Å²) in [6.45, 7) is 3.24. The molecule has 1 aliphatic rings. The molecule has 0 aliphatic carbocycles. The van der Waals surface area contributed by atoms with Crippen molar-refractivity contribution < 1.29 is 15.0 Å². The number of aromatic hydroxyl groups is 2. The molecule has 0 saturated heterocycles. The Balaban J connectivity index is 2.23. The quantitative estimate of drug-likeness (QED) is 0.575. The van der Waals surface area contributed by atoms with Crippen molar-refractivity contribution >= 4 is 5.91 Å². The lowest BCUT2D eigenvalue weighted by Crippen LogP contribution is -2.34. The summed E-state index contributed by atoms with van der Waals surface area (Å²) in [5.41, 5.74) is 1.42. The number of hydrogen-bond acceptors (Lipinski definition) is 3. The van der Waals surface area contributed by atoms with Gasteiger partial charge in [0.2, 0.25) is 0 Å². The first kappa shape index (κ1) is 11.5. The van der Waals surface area contributed by atoms with Gasteiger partial charge in [0.25, 0.3) is 5.91 Å². The standard InChI is InChI=1S/C13H15NO3/c1-9-5-7-14(8-6-9)13(17)10-3-2-4-11(15)12(10)16/h2-5,15-16H,6-8H2,1H3. The molecule has 0 bridgehead atoms. The maximum Gasteiger partial charge on any atom is 0.258 e. The third-order valence-electron chi connectivity index (χ3n) is 2.97. The Bertz CT molecular complexity index is 480. The number of rotatable bonds is 1. The van der Waals surface area contributed by atoms with Gasteiger partial charge in [0, 0.05) is 13.1 Å². The van der Waals surface area contributed by atoms with E-state index in [2.05, 4.69) is 0 Å². The zero-order valence-corrected chi connectivity index (χ0v) is 9.68. The summed E-state index contributed by atoms with van der Waals surface area (Å²) in [7, 11) is 0. The van der Waals surface area contributed by atoms with Gasteiger partial charge in [-0.3, -0.25) is 4.79 Å². The summed E-state index contributed by atoms with van der Waals surface area (Å²) in [5.74, 6) is -0.856. The Hall–Kier alpha value is -1.97. The van der Waals surface area contributed by atoms with Crippen molar-refractivity contribution in [2.24, 2.45) is 0 Å². The third-order valence-corrected chi connectivity index (χ3v) is 2.97. The molecule has 90 valence electrons. The Labute approximate surface area is 99.8 Å². The van der Waals surface area contributed by atoms with E-state index >= 15 is 0 Å². The van der Waals surface area contributed by atoms with Crippen molar-refractivity contribution in [2.75, 3.05) is 13.1 Å². The van der Waals surface area contributed by atoms with E-state index in [1.807, 2.05) is 13.0 Å². The van der Waals surface area contributed by atoms with Crippen LogP contribution < -0.4 is 0 Å². The Kier molecular flexibility index (Phi) is 3.04. The molecular formula is C13H15NO3. The number of carbonyl (C=O) groups is 1. The fourth-order valence-corrected chi connectivity index (χ4v) is 1.83. The van der Waals surface area contributed by atoms with Gasteiger partial charge >= 0.3 is 0 Å². The molecule has 1 aliphatic heterocycles. The molecule has 1 amide bonds. The van der Waals surface area contributed by atoms with Gasteiger partial charge in [-0.25, -0.2) is 0 Å². The van der Waals surface area contributed by atoms with Gasteiger partial charge in [0.15, 0.2) is 11.5 Å². The third kappa shape index (κ3) is 2.25. The van der Waals surface area contributed by atoms with Crippen molar-refractivity contribution in [3.05, 3.63) is 35.4 Å². The summed E-state index contributed by atoms with van der Waals surface area (Å²) >= 11 is 0. The molecule has 2 rings (SSSR count). The van der Waals surface area contributed by atoms with Crippen LogP contribution in [0, 0.1) is 0 Å². The summed E-state index contributed by atoms with van der Waals surface area (Å²) in [6.07, 6.45) is 2.85. The van der Waals surface area contributed by atoms with Crippen LogP contribution in [0.15, 0.2) is 29.8 Å². The molecule has 0 radical (unpaired) electrons. The molecule has 4 nitrogen and oxygen atoms in total. The van der Waals surface area contributed by atoms with Crippen LogP contribution in [-0.4, -0.2) is 34.1 Å². The normalized spacial score (nSPS) is 15.6. The molecule has 1 aromatic rings. The summed E-state index contributed by atoms with van der Waals surface area (Å²) < 4.78 is 0. The van der Waals surface area contributed by atoms with Crippen molar-refractivity contribution in [1.82, 2.24) is 4.90 Å². The predicted molar refractivity (Wildman–Crippen MR) is 64.0 cm³/mol. The topological polar surface area (TPSA) is 60.8 Å². The van der Waals surface area contributed by atoms with Crippen LogP contribution in [0.5, 0.6) is 11.5 Å².